The van der Waals surface area contributed by atoms with E-state index in [9.17, 15) is 26.7 Å². The van der Waals surface area contributed by atoms with E-state index in [1.54, 1.807) is 13.0 Å². The second kappa shape index (κ2) is 8.06. The van der Waals surface area contributed by atoms with Gasteiger partial charge >= 0.3 is 12.1 Å². The van der Waals surface area contributed by atoms with Gasteiger partial charge in [0.2, 0.25) is 0 Å². The molecule has 0 bridgehead atoms. The largest absolute Gasteiger partial charge is 0.469 e. The molecular formula is C20H14ClF5N2O2. The molecule has 30 heavy (non-hydrogen) atoms. The summed E-state index contributed by atoms with van der Waals surface area (Å²) >= 11 is 5.97. The minimum Gasteiger partial charge on any atom is -0.469 e. The number of amides is 1. The maximum atomic E-state index is 14.6. The lowest BCUT2D eigenvalue weighted by Gasteiger charge is -2.19. The standard InChI is InChI=1S/C20H14ClF5N2O2/c1-11-13(6-7-30-11)12-8-16(21)17(27-9-12)19(22,23)10-28-18(29)14-4-2-3-5-15(14)20(24,25)26/h2-9H,10H2,1H3,(H,28,29). The lowest BCUT2D eigenvalue weighted by Crippen LogP contribution is -2.36. The van der Waals surface area contributed by atoms with E-state index < -0.39 is 41.4 Å². The van der Waals surface area contributed by atoms with Gasteiger partial charge in [-0.1, -0.05) is 23.7 Å². The van der Waals surface area contributed by atoms with E-state index in [2.05, 4.69) is 4.98 Å². The van der Waals surface area contributed by atoms with Crippen LogP contribution in [0, 0.1) is 6.92 Å². The van der Waals surface area contributed by atoms with Gasteiger partial charge in [0, 0.05) is 17.3 Å². The van der Waals surface area contributed by atoms with Crippen LogP contribution in [0.2, 0.25) is 5.02 Å². The van der Waals surface area contributed by atoms with Crippen LogP contribution in [0.15, 0.2) is 53.3 Å². The molecule has 0 radical (unpaired) electrons. The molecule has 0 fully saturated rings. The van der Waals surface area contributed by atoms with Crippen molar-refractivity contribution in [1.82, 2.24) is 10.3 Å². The lowest BCUT2D eigenvalue weighted by atomic mass is 10.1. The normalized spacial score (nSPS) is 12.1. The van der Waals surface area contributed by atoms with Crippen LogP contribution in [-0.2, 0) is 12.1 Å². The first-order chi connectivity index (χ1) is 14.0. The molecule has 0 atom stereocenters. The molecule has 0 saturated carbocycles. The molecule has 1 N–H and O–H groups in total. The van der Waals surface area contributed by atoms with Gasteiger partial charge < -0.3 is 9.73 Å². The summed E-state index contributed by atoms with van der Waals surface area (Å²) in [6, 6.07) is 6.80. The minimum absolute atomic E-state index is 0.358. The van der Waals surface area contributed by atoms with Gasteiger partial charge in [-0.05, 0) is 31.2 Å². The Morgan fingerprint density at radius 2 is 1.87 bits per heavy atom. The smallest absolute Gasteiger partial charge is 0.417 e. The van der Waals surface area contributed by atoms with Crippen LogP contribution >= 0.6 is 11.6 Å². The lowest BCUT2D eigenvalue weighted by molar-refractivity contribution is -0.137. The molecule has 3 aromatic rings. The van der Waals surface area contributed by atoms with E-state index in [-0.39, 0.29) is 5.02 Å². The van der Waals surface area contributed by atoms with E-state index in [0.29, 0.717) is 23.0 Å². The maximum absolute atomic E-state index is 14.6. The highest BCUT2D eigenvalue weighted by molar-refractivity contribution is 6.31. The number of benzene rings is 1. The van der Waals surface area contributed by atoms with Crippen molar-refractivity contribution in [2.75, 3.05) is 6.54 Å². The van der Waals surface area contributed by atoms with E-state index in [1.165, 1.54) is 24.6 Å². The molecule has 2 heterocycles. The van der Waals surface area contributed by atoms with Gasteiger partial charge in [-0.2, -0.15) is 22.0 Å². The predicted octanol–water partition coefficient (Wildman–Crippen LogP) is 5.84. The van der Waals surface area contributed by atoms with E-state index in [0.717, 1.165) is 12.1 Å². The monoisotopic (exact) mass is 444 g/mol. The summed E-state index contributed by atoms with van der Waals surface area (Å²) in [6.45, 7) is 0.398. The summed E-state index contributed by atoms with van der Waals surface area (Å²) in [6.07, 6.45) is -2.20. The molecule has 1 amide bonds. The SMILES string of the molecule is Cc1occc1-c1cnc(C(F)(F)CNC(=O)c2ccccc2C(F)(F)F)c(Cl)c1. The van der Waals surface area contributed by atoms with Crippen LogP contribution in [0.3, 0.4) is 0 Å². The highest BCUT2D eigenvalue weighted by Crippen LogP contribution is 2.35. The number of carbonyl (C=O) groups excluding carboxylic acids is 1. The molecule has 0 aliphatic rings. The molecule has 10 heteroatoms. The minimum atomic E-state index is -4.80. The number of rotatable bonds is 5. The Morgan fingerprint density at radius 3 is 2.47 bits per heavy atom. The molecule has 0 aliphatic carbocycles. The first-order valence-electron chi connectivity index (χ1n) is 8.53. The van der Waals surface area contributed by atoms with Crippen molar-refractivity contribution in [2.45, 2.75) is 19.0 Å². The highest BCUT2D eigenvalue weighted by atomic mass is 35.5. The van der Waals surface area contributed by atoms with Crippen molar-refractivity contribution < 1.29 is 31.2 Å². The third-order valence-corrected chi connectivity index (χ3v) is 4.59. The maximum Gasteiger partial charge on any atom is 0.417 e. The van der Waals surface area contributed by atoms with E-state index in [4.69, 9.17) is 16.0 Å². The number of hydrogen-bond donors (Lipinski definition) is 1. The summed E-state index contributed by atoms with van der Waals surface area (Å²) < 4.78 is 73.4. The molecule has 2 aromatic heterocycles. The third kappa shape index (κ3) is 4.46. The molecule has 0 aliphatic heterocycles. The van der Waals surface area contributed by atoms with Crippen molar-refractivity contribution in [3.8, 4) is 11.1 Å². The fraction of sp³-hybridized carbons (Fsp3) is 0.200. The Hall–Kier alpha value is -2.94. The van der Waals surface area contributed by atoms with Gasteiger partial charge in [-0.15, -0.1) is 0 Å². The van der Waals surface area contributed by atoms with Crippen LogP contribution in [0.1, 0.15) is 27.4 Å². The number of aromatic nitrogens is 1. The Bertz CT molecular complexity index is 1080. The second-order valence-electron chi connectivity index (χ2n) is 6.38. The van der Waals surface area contributed by atoms with Crippen molar-refractivity contribution in [3.05, 3.63) is 76.5 Å². The summed E-state index contributed by atoms with van der Waals surface area (Å²) in [5.74, 6) is -4.46. The van der Waals surface area contributed by atoms with Gasteiger partial charge in [-0.25, -0.2) is 0 Å². The zero-order valence-corrected chi connectivity index (χ0v) is 16.1. The number of alkyl halides is 5. The van der Waals surface area contributed by atoms with Gasteiger partial charge in [0.25, 0.3) is 5.91 Å². The number of hydrogen-bond acceptors (Lipinski definition) is 3. The van der Waals surface area contributed by atoms with E-state index >= 15 is 0 Å². The summed E-state index contributed by atoms with van der Waals surface area (Å²) in [5.41, 5.74) is -1.71. The van der Waals surface area contributed by atoms with Crippen LogP contribution < -0.4 is 5.32 Å². The zero-order chi connectivity index (χ0) is 22.1. The van der Waals surface area contributed by atoms with Gasteiger partial charge in [0.1, 0.15) is 11.5 Å². The molecular weight excluding hydrogens is 431 g/mol. The fourth-order valence-corrected chi connectivity index (χ4v) is 3.14. The Kier molecular flexibility index (Phi) is 5.85. The number of pyridine rings is 1. The van der Waals surface area contributed by atoms with Crippen LogP contribution in [0.4, 0.5) is 22.0 Å². The molecule has 3 rings (SSSR count). The van der Waals surface area contributed by atoms with Crippen LogP contribution in [-0.4, -0.2) is 17.4 Å². The topological polar surface area (TPSA) is 55.1 Å². The van der Waals surface area contributed by atoms with Crippen molar-refractivity contribution >= 4 is 17.5 Å². The molecule has 0 spiro atoms. The molecule has 4 nitrogen and oxygen atoms in total. The first-order valence-corrected chi connectivity index (χ1v) is 8.91. The van der Waals surface area contributed by atoms with Crippen LogP contribution in [0.5, 0.6) is 0 Å². The average Bonchev–Trinajstić information content (AvgIpc) is 3.11. The number of carbonyl (C=O) groups is 1. The van der Waals surface area contributed by atoms with Gasteiger partial charge in [-0.3, -0.25) is 9.78 Å². The van der Waals surface area contributed by atoms with Crippen LogP contribution in [0.25, 0.3) is 11.1 Å². The molecule has 1 aromatic carbocycles. The molecule has 0 saturated heterocycles. The Labute approximate surface area is 172 Å². The number of halogens is 6. The van der Waals surface area contributed by atoms with Gasteiger partial charge in [0.15, 0.2) is 0 Å². The number of aryl methyl sites for hydroxylation is 1. The Morgan fingerprint density at radius 1 is 1.17 bits per heavy atom. The van der Waals surface area contributed by atoms with Gasteiger partial charge in [0.05, 0.1) is 29.0 Å². The average molecular weight is 445 g/mol. The second-order valence-corrected chi connectivity index (χ2v) is 6.78. The molecule has 0 unspecified atom stereocenters. The van der Waals surface area contributed by atoms with Crippen molar-refractivity contribution in [1.29, 1.82) is 0 Å². The van der Waals surface area contributed by atoms with E-state index in [1.807, 2.05) is 5.32 Å². The summed E-state index contributed by atoms with van der Waals surface area (Å²) in [7, 11) is 0. The van der Waals surface area contributed by atoms with Crippen molar-refractivity contribution in [2.24, 2.45) is 0 Å². The zero-order valence-electron chi connectivity index (χ0n) is 15.4. The third-order valence-electron chi connectivity index (χ3n) is 4.31. The van der Waals surface area contributed by atoms with Crippen molar-refractivity contribution in [3.63, 3.8) is 0 Å². The highest BCUT2D eigenvalue weighted by Gasteiger charge is 2.38. The fourth-order valence-electron chi connectivity index (χ4n) is 2.84. The predicted molar refractivity (Wildman–Crippen MR) is 99.4 cm³/mol. The first kappa shape index (κ1) is 21.8. The number of nitrogens with one attached hydrogen (secondary N) is 1. The molecule has 158 valence electrons. The quantitative estimate of drug-likeness (QED) is 0.503. The number of furan rings is 1. The summed E-state index contributed by atoms with van der Waals surface area (Å²) in [4.78, 5) is 15.8. The number of nitrogens with zero attached hydrogens (tertiary/aromatic N) is 1. The summed E-state index contributed by atoms with van der Waals surface area (Å²) in [5, 5.41) is 1.47. The Balaban J connectivity index is 1.79.